The average molecular weight is 399 g/mol. The Labute approximate surface area is 169 Å². The fraction of sp³-hybridized carbons (Fsp3) is 0.381. The van der Waals surface area contributed by atoms with Crippen molar-refractivity contribution in [3.63, 3.8) is 0 Å². The summed E-state index contributed by atoms with van der Waals surface area (Å²) in [5, 5.41) is 14.5. The van der Waals surface area contributed by atoms with Crippen LogP contribution in [0.4, 0.5) is 11.4 Å². The Morgan fingerprint density at radius 2 is 1.90 bits per heavy atom. The minimum atomic E-state index is -0.453. The van der Waals surface area contributed by atoms with E-state index < -0.39 is 4.92 Å². The predicted molar refractivity (Wildman–Crippen MR) is 110 cm³/mol. The lowest BCUT2D eigenvalue weighted by molar-refractivity contribution is -0.384. The summed E-state index contributed by atoms with van der Waals surface area (Å²) in [5.74, 6) is 1.02. The number of anilines is 1. The van der Waals surface area contributed by atoms with Crippen LogP contribution >= 0.6 is 0 Å². The summed E-state index contributed by atoms with van der Waals surface area (Å²) in [6, 6.07) is 10.5. The summed E-state index contributed by atoms with van der Waals surface area (Å²) in [4.78, 5) is 25.3. The zero-order valence-electron chi connectivity index (χ0n) is 16.8. The van der Waals surface area contributed by atoms with Crippen molar-refractivity contribution in [3.8, 4) is 11.5 Å². The molecule has 2 aromatic carbocycles. The minimum Gasteiger partial charge on any atom is -0.493 e. The highest BCUT2D eigenvalue weighted by molar-refractivity contribution is 5.95. The second kappa shape index (κ2) is 8.81. The van der Waals surface area contributed by atoms with Crippen LogP contribution < -0.4 is 14.8 Å². The molecule has 8 nitrogen and oxygen atoms in total. The van der Waals surface area contributed by atoms with Crippen LogP contribution in [0.1, 0.15) is 28.8 Å². The molecule has 0 radical (unpaired) electrons. The highest BCUT2D eigenvalue weighted by Crippen LogP contribution is 2.32. The van der Waals surface area contributed by atoms with Gasteiger partial charge in [-0.25, -0.2) is 0 Å². The summed E-state index contributed by atoms with van der Waals surface area (Å²) < 4.78 is 10.5. The molecule has 1 saturated carbocycles. The second-order valence-corrected chi connectivity index (χ2v) is 7.07. The van der Waals surface area contributed by atoms with Gasteiger partial charge in [0, 0.05) is 31.3 Å². The van der Waals surface area contributed by atoms with Gasteiger partial charge in [-0.05, 0) is 49.1 Å². The number of methoxy groups -OCH3 is 2. The summed E-state index contributed by atoms with van der Waals surface area (Å²) in [6.45, 7) is 0.462. The lowest BCUT2D eigenvalue weighted by Crippen LogP contribution is -2.29. The molecule has 8 heteroatoms. The van der Waals surface area contributed by atoms with Crippen molar-refractivity contribution in [1.82, 2.24) is 4.90 Å². The van der Waals surface area contributed by atoms with Crippen LogP contribution in [0.15, 0.2) is 36.4 Å². The van der Waals surface area contributed by atoms with E-state index in [9.17, 15) is 14.9 Å². The van der Waals surface area contributed by atoms with Crippen LogP contribution in [0.5, 0.6) is 11.5 Å². The van der Waals surface area contributed by atoms with Gasteiger partial charge in [0.1, 0.15) is 5.69 Å². The number of carbonyl (C=O) groups is 1. The van der Waals surface area contributed by atoms with Gasteiger partial charge in [0.2, 0.25) is 0 Å². The number of amides is 1. The van der Waals surface area contributed by atoms with E-state index in [1.807, 2.05) is 18.2 Å². The number of rotatable bonds is 9. The smallest absolute Gasteiger partial charge is 0.293 e. The van der Waals surface area contributed by atoms with Crippen molar-refractivity contribution in [2.24, 2.45) is 0 Å². The molecule has 0 heterocycles. The number of benzene rings is 2. The van der Waals surface area contributed by atoms with E-state index in [1.54, 1.807) is 38.3 Å². The lowest BCUT2D eigenvalue weighted by atomic mass is 10.1. The van der Waals surface area contributed by atoms with Gasteiger partial charge in [0.15, 0.2) is 11.5 Å². The third-order valence-electron chi connectivity index (χ3n) is 4.91. The van der Waals surface area contributed by atoms with Gasteiger partial charge in [-0.1, -0.05) is 6.07 Å². The zero-order chi connectivity index (χ0) is 21.0. The maximum atomic E-state index is 12.7. The highest BCUT2D eigenvalue weighted by atomic mass is 16.6. The molecule has 0 atom stereocenters. The molecule has 0 bridgehead atoms. The fourth-order valence-corrected chi connectivity index (χ4v) is 3.04. The average Bonchev–Trinajstić information content (AvgIpc) is 3.55. The van der Waals surface area contributed by atoms with E-state index in [0.717, 1.165) is 18.4 Å². The number of hydrogen-bond donors (Lipinski definition) is 1. The van der Waals surface area contributed by atoms with Gasteiger partial charge in [0.05, 0.1) is 19.1 Å². The van der Waals surface area contributed by atoms with Crippen LogP contribution in [0.2, 0.25) is 0 Å². The van der Waals surface area contributed by atoms with Gasteiger partial charge in [0.25, 0.3) is 11.6 Å². The monoisotopic (exact) mass is 399 g/mol. The second-order valence-electron chi connectivity index (χ2n) is 7.07. The Hall–Kier alpha value is -3.29. The minimum absolute atomic E-state index is 0.0731. The third kappa shape index (κ3) is 4.96. The molecule has 1 aliphatic carbocycles. The van der Waals surface area contributed by atoms with E-state index in [2.05, 4.69) is 5.32 Å². The first-order valence-corrected chi connectivity index (χ1v) is 9.44. The molecule has 1 N–H and O–H groups in total. The van der Waals surface area contributed by atoms with Gasteiger partial charge in [-0.3, -0.25) is 14.9 Å². The molecule has 1 aliphatic rings. The Morgan fingerprint density at radius 1 is 1.17 bits per heavy atom. The maximum Gasteiger partial charge on any atom is 0.293 e. The number of nitrogens with zero attached hydrogens (tertiary/aromatic N) is 2. The first-order chi connectivity index (χ1) is 13.9. The molecule has 2 aromatic rings. The Balaban J connectivity index is 1.68. The topological polar surface area (TPSA) is 93.9 Å². The molecule has 29 heavy (non-hydrogen) atoms. The Bertz CT molecular complexity index is 911. The third-order valence-corrected chi connectivity index (χ3v) is 4.91. The Morgan fingerprint density at radius 3 is 2.52 bits per heavy atom. The molecule has 0 spiro atoms. The largest absolute Gasteiger partial charge is 0.493 e. The number of nitrogens with one attached hydrogen (secondary N) is 1. The number of nitro benzene ring substituents is 1. The molecular formula is C21H25N3O5. The summed E-state index contributed by atoms with van der Waals surface area (Å²) in [6.07, 6.45) is 2.64. The molecule has 0 unspecified atom stereocenters. The molecule has 0 aromatic heterocycles. The van der Waals surface area contributed by atoms with Crippen molar-refractivity contribution in [3.05, 3.63) is 57.6 Å². The van der Waals surface area contributed by atoms with Gasteiger partial charge >= 0.3 is 0 Å². The van der Waals surface area contributed by atoms with Crippen LogP contribution in [0.25, 0.3) is 0 Å². The van der Waals surface area contributed by atoms with E-state index in [0.29, 0.717) is 41.8 Å². The predicted octanol–water partition coefficient (Wildman–Crippen LogP) is 3.50. The standard InChI is InChI=1S/C21H25N3O5/c1-23(11-10-14-4-9-19(28-2)20(12-14)29-3)21(25)15-5-8-17(22-16-6-7-16)18(13-15)24(26)27/h4-5,8-9,12-13,16,22H,6-7,10-11H2,1-3H3. The first kappa shape index (κ1) is 20.4. The number of likely N-dealkylation sites (N-methyl/N-ethyl adjacent to an activating group) is 1. The molecule has 0 aliphatic heterocycles. The number of hydrogen-bond acceptors (Lipinski definition) is 6. The van der Waals surface area contributed by atoms with Crippen LogP contribution in [-0.4, -0.2) is 49.6 Å². The molecule has 3 rings (SSSR count). The fourth-order valence-electron chi connectivity index (χ4n) is 3.04. The van der Waals surface area contributed by atoms with Gasteiger partial charge in [-0.15, -0.1) is 0 Å². The molecular weight excluding hydrogens is 374 g/mol. The van der Waals surface area contributed by atoms with E-state index in [-0.39, 0.29) is 11.6 Å². The van der Waals surface area contributed by atoms with Crippen LogP contribution in [0, 0.1) is 10.1 Å². The van der Waals surface area contributed by atoms with Crippen molar-refractivity contribution >= 4 is 17.3 Å². The number of carbonyl (C=O) groups excluding carboxylic acids is 1. The lowest BCUT2D eigenvalue weighted by Gasteiger charge is -2.18. The number of ether oxygens (including phenoxy) is 2. The van der Waals surface area contributed by atoms with E-state index in [4.69, 9.17) is 9.47 Å². The maximum absolute atomic E-state index is 12.7. The molecule has 154 valence electrons. The van der Waals surface area contributed by atoms with Crippen molar-refractivity contribution < 1.29 is 19.2 Å². The van der Waals surface area contributed by atoms with Gasteiger partial charge < -0.3 is 19.7 Å². The van der Waals surface area contributed by atoms with E-state index in [1.165, 1.54) is 6.07 Å². The van der Waals surface area contributed by atoms with Crippen LogP contribution in [-0.2, 0) is 6.42 Å². The van der Waals surface area contributed by atoms with Crippen molar-refractivity contribution in [2.45, 2.75) is 25.3 Å². The van der Waals surface area contributed by atoms with Crippen LogP contribution in [0.3, 0.4) is 0 Å². The molecule has 0 saturated heterocycles. The molecule has 1 fully saturated rings. The Kier molecular flexibility index (Phi) is 6.21. The summed E-state index contributed by atoms with van der Waals surface area (Å²) >= 11 is 0. The zero-order valence-corrected chi connectivity index (χ0v) is 16.8. The summed E-state index contributed by atoms with van der Waals surface area (Å²) in [5.41, 5.74) is 1.68. The molecule has 1 amide bonds. The van der Waals surface area contributed by atoms with Gasteiger partial charge in [-0.2, -0.15) is 0 Å². The highest BCUT2D eigenvalue weighted by Gasteiger charge is 2.26. The quantitative estimate of drug-likeness (QED) is 0.512. The SMILES string of the molecule is COc1ccc(CCN(C)C(=O)c2ccc(NC3CC3)c([N+](=O)[O-])c2)cc1OC. The summed E-state index contributed by atoms with van der Waals surface area (Å²) in [7, 11) is 4.84. The number of nitro groups is 1. The van der Waals surface area contributed by atoms with E-state index >= 15 is 0 Å². The van der Waals surface area contributed by atoms with Crippen molar-refractivity contribution in [2.75, 3.05) is 33.1 Å². The first-order valence-electron chi connectivity index (χ1n) is 9.44. The van der Waals surface area contributed by atoms with Crippen molar-refractivity contribution in [1.29, 1.82) is 0 Å². The normalized spacial score (nSPS) is 12.9.